The molecule has 102 valence electrons. The van der Waals surface area contributed by atoms with E-state index in [1.165, 1.54) is 24.0 Å². The number of hydrogen-bond donors (Lipinski definition) is 0. The molecule has 1 nitrogen and oxygen atoms in total. The molecule has 2 aromatic rings. The Labute approximate surface area is 121 Å². The van der Waals surface area contributed by atoms with Gasteiger partial charge in [-0.3, -0.25) is 4.90 Å². The van der Waals surface area contributed by atoms with Crippen LogP contribution in [-0.4, -0.2) is 10.9 Å². The van der Waals surface area contributed by atoms with Crippen molar-refractivity contribution in [1.29, 1.82) is 0 Å². The molecule has 0 spiro atoms. The molecule has 1 heteroatoms. The molecule has 0 amide bonds. The minimum atomic E-state index is 0.649. The van der Waals surface area contributed by atoms with E-state index in [9.17, 15) is 0 Å². The van der Waals surface area contributed by atoms with Crippen LogP contribution in [-0.2, 0) is 13.1 Å². The predicted octanol–water partition coefficient (Wildman–Crippen LogP) is 4.41. The quantitative estimate of drug-likeness (QED) is 0.722. The Morgan fingerprint density at radius 2 is 1.15 bits per heavy atom. The van der Waals surface area contributed by atoms with Gasteiger partial charge in [-0.15, -0.1) is 0 Å². The lowest BCUT2D eigenvalue weighted by Crippen LogP contribution is -2.32. The third-order valence-corrected chi connectivity index (χ3v) is 3.96. The highest BCUT2D eigenvalue weighted by atomic mass is 15.2. The standard InChI is InChI=1S/C19H21N/c1-3-9-17(10-4-1)15-20(19-13-7-8-14-19)16-18-11-5-2-6-12-18/h1-12,19H,13-16H2. The van der Waals surface area contributed by atoms with Crippen LogP contribution in [0.1, 0.15) is 24.0 Å². The molecule has 1 aliphatic rings. The average molecular weight is 263 g/mol. The Morgan fingerprint density at radius 1 is 0.700 bits per heavy atom. The Bertz CT molecular complexity index is 495. The SMILES string of the molecule is C1=CCC(N(Cc2ccccc2)Cc2ccccc2)C1. The molecule has 0 N–H and O–H groups in total. The van der Waals surface area contributed by atoms with Crippen LogP contribution >= 0.6 is 0 Å². The zero-order valence-corrected chi connectivity index (χ0v) is 11.8. The van der Waals surface area contributed by atoms with E-state index in [1.54, 1.807) is 0 Å². The van der Waals surface area contributed by atoms with E-state index in [-0.39, 0.29) is 0 Å². The van der Waals surface area contributed by atoms with Gasteiger partial charge in [0.1, 0.15) is 0 Å². The zero-order valence-electron chi connectivity index (χ0n) is 11.8. The van der Waals surface area contributed by atoms with Crippen LogP contribution in [0.15, 0.2) is 72.8 Å². The van der Waals surface area contributed by atoms with Gasteiger partial charge in [0.2, 0.25) is 0 Å². The molecular formula is C19H21N. The minimum Gasteiger partial charge on any atom is -0.291 e. The molecule has 0 heterocycles. The van der Waals surface area contributed by atoms with Gasteiger partial charge in [0.15, 0.2) is 0 Å². The molecule has 20 heavy (non-hydrogen) atoms. The van der Waals surface area contributed by atoms with E-state index >= 15 is 0 Å². The normalized spacial score (nSPS) is 15.1. The van der Waals surface area contributed by atoms with Crippen LogP contribution < -0.4 is 0 Å². The van der Waals surface area contributed by atoms with E-state index in [0.29, 0.717) is 6.04 Å². The van der Waals surface area contributed by atoms with Crippen LogP contribution in [0.2, 0.25) is 0 Å². The maximum atomic E-state index is 2.60. The molecule has 0 fully saturated rings. The van der Waals surface area contributed by atoms with Crippen molar-refractivity contribution in [3.63, 3.8) is 0 Å². The van der Waals surface area contributed by atoms with E-state index in [2.05, 4.69) is 77.7 Å². The lowest BCUT2D eigenvalue weighted by atomic mass is 10.1. The van der Waals surface area contributed by atoms with Gasteiger partial charge in [0.05, 0.1) is 0 Å². The van der Waals surface area contributed by atoms with Crippen LogP contribution in [0, 0.1) is 0 Å². The van der Waals surface area contributed by atoms with Crippen molar-refractivity contribution in [3.8, 4) is 0 Å². The van der Waals surface area contributed by atoms with E-state index < -0.39 is 0 Å². The lowest BCUT2D eigenvalue weighted by Gasteiger charge is -2.29. The summed E-state index contributed by atoms with van der Waals surface area (Å²) in [6.45, 7) is 2.06. The summed E-state index contributed by atoms with van der Waals surface area (Å²) < 4.78 is 0. The third kappa shape index (κ3) is 3.37. The molecule has 2 aromatic carbocycles. The van der Waals surface area contributed by atoms with Gasteiger partial charge in [-0.05, 0) is 24.0 Å². The molecule has 3 rings (SSSR count). The second-order valence-electron chi connectivity index (χ2n) is 5.47. The minimum absolute atomic E-state index is 0.649. The molecule has 0 aromatic heterocycles. The number of nitrogens with zero attached hydrogens (tertiary/aromatic N) is 1. The number of hydrogen-bond acceptors (Lipinski definition) is 1. The van der Waals surface area contributed by atoms with Gasteiger partial charge >= 0.3 is 0 Å². The predicted molar refractivity (Wildman–Crippen MR) is 84.3 cm³/mol. The first-order chi connectivity index (χ1) is 9.92. The summed E-state index contributed by atoms with van der Waals surface area (Å²) in [5.41, 5.74) is 2.80. The fourth-order valence-electron chi connectivity index (χ4n) is 2.85. The highest BCUT2D eigenvalue weighted by molar-refractivity contribution is 5.18. The molecule has 0 radical (unpaired) electrons. The van der Waals surface area contributed by atoms with Crippen molar-refractivity contribution in [2.24, 2.45) is 0 Å². The maximum Gasteiger partial charge on any atom is 0.0240 e. The van der Waals surface area contributed by atoms with Crippen molar-refractivity contribution < 1.29 is 0 Å². The maximum absolute atomic E-state index is 2.60. The first-order valence-corrected chi connectivity index (χ1v) is 7.39. The molecule has 1 aliphatic carbocycles. The summed E-state index contributed by atoms with van der Waals surface area (Å²) in [4.78, 5) is 2.60. The molecule has 0 atom stereocenters. The van der Waals surface area contributed by atoms with Gasteiger partial charge in [0.25, 0.3) is 0 Å². The molecule has 0 aliphatic heterocycles. The van der Waals surface area contributed by atoms with Gasteiger partial charge in [0, 0.05) is 19.1 Å². The zero-order chi connectivity index (χ0) is 13.6. The van der Waals surface area contributed by atoms with Crippen LogP contribution in [0.25, 0.3) is 0 Å². The second-order valence-corrected chi connectivity index (χ2v) is 5.47. The smallest absolute Gasteiger partial charge is 0.0240 e. The second kappa shape index (κ2) is 6.53. The monoisotopic (exact) mass is 263 g/mol. The van der Waals surface area contributed by atoms with Crippen molar-refractivity contribution in [1.82, 2.24) is 4.90 Å². The Morgan fingerprint density at radius 3 is 1.60 bits per heavy atom. The van der Waals surface area contributed by atoms with Gasteiger partial charge in [-0.25, -0.2) is 0 Å². The molecule has 0 bridgehead atoms. The van der Waals surface area contributed by atoms with Gasteiger partial charge < -0.3 is 0 Å². The summed E-state index contributed by atoms with van der Waals surface area (Å²) in [7, 11) is 0. The fraction of sp³-hybridized carbons (Fsp3) is 0.263. The Hall–Kier alpha value is -1.86. The van der Waals surface area contributed by atoms with Crippen molar-refractivity contribution in [2.45, 2.75) is 32.0 Å². The summed E-state index contributed by atoms with van der Waals surface area (Å²) in [6, 6.07) is 22.2. The average Bonchev–Trinajstić information content (AvgIpc) is 3.03. The molecule has 0 unspecified atom stereocenters. The summed E-state index contributed by atoms with van der Waals surface area (Å²) >= 11 is 0. The van der Waals surface area contributed by atoms with Crippen molar-refractivity contribution in [3.05, 3.63) is 83.9 Å². The summed E-state index contributed by atoms with van der Waals surface area (Å²) in [6.07, 6.45) is 6.99. The topological polar surface area (TPSA) is 3.24 Å². The Kier molecular flexibility index (Phi) is 4.29. The van der Waals surface area contributed by atoms with Crippen LogP contribution in [0.3, 0.4) is 0 Å². The van der Waals surface area contributed by atoms with E-state index in [4.69, 9.17) is 0 Å². The summed E-state index contributed by atoms with van der Waals surface area (Å²) in [5, 5.41) is 0. The highest BCUT2D eigenvalue weighted by Gasteiger charge is 2.19. The molecule has 0 saturated carbocycles. The van der Waals surface area contributed by atoms with E-state index in [0.717, 1.165) is 13.1 Å². The summed E-state index contributed by atoms with van der Waals surface area (Å²) in [5.74, 6) is 0. The largest absolute Gasteiger partial charge is 0.291 e. The van der Waals surface area contributed by atoms with Gasteiger partial charge in [-0.1, -0.05) is 72.8 Å². The first kappa shape index (κ1) is 13.1. The fourth-order valence-corrected chi connectivity index (χ4v) is 2.85. The van der Waals surface area contributed by atoms with Crippen LogP contribution in [0.4, 0.5) is 0 Å². The Balaban J connectivity index is 1.73. The molecular weight excluding hydrogens is 242 g/mol. The number of benzene rings is 2. The van der Waals surface area contributed by atoms with Gasteiger partial charge in [-0.2, -0.15) is 0 Å². The van der Waals surface area contributed by atoms with Crippen molar-refractivity contribution >= 4 is 0 Å². The third-order valence-electron chi connectivity index (χ3n) is 3.96. The van der Waals surface area contributed by atoms with E-state index in [1.807, 2.05) is 0 Å². The first-order valence-electron chi connectivity index (χ1n) is 7.39. The van der Waals surface area contributed by atoms with Crippen molar-refractivity contribution in [2.75, 3.05) is 0 Å². The van der Waals surface area contributed by atoms with Crippen LogP contribution in [0.5, 0.6) is 0 Å². The number of rotatable bonds is 5. The molecule has 0 saturated heterocycles. The highest BCUT2D eigenvalue weighted by Crippen LogP contribution is 2.22. The lowest BCUT2D eigenvalue weighted by molar-refractivity contribution is 0.185.